The van der Waals surface area contributed by atoms with E-state index in [1.165, 1.54) is 31.4 Å². The highest BCUT2D eigenvalue weighted by Gasteiger charge is 2.29. The van der Waals surface area contributed by atoms with Gasteiger partial charge < -0.3 is 24.4 Å². The molecule has 4 rings (SSSR count). The molecule has 0 radical (unpaired) electrons. The summed E-state index contributed by atoms with van der Waals surface area (Å²) in [5, 5.41) is 3.21. The molecule has 0 fully saturated rings. The van der Waals surface area contributed by atoms with E-state index in [4.69, 9.17) is 14.2 Å². The molecule has 2 aliphatic rings. The van der Waals surface area contributed by atoms with Crippen molar-refractivity contribution in [2.24, 2.45) is 0 Å². The van der Waals surface area contributed by atoms with E-state index in [0.717, 1.165) is 16.0 Å². The molecule has 2 amide bonds. The van der Waals surface area contributed by atoms with Crippen LogP contribution >= 0.6 is 11.3 Å². The summed E-state index contributed by atoms with van der Waals surface area (Å²) in [6, 6.07) is 5.38. The first-order chi connectivity index (χ1) is 14.5. The van der Waals surface area contributed by atoms with Crippen LogP contribution in [0.3, 0.4) is 0 Å². The van der Waals surface area contributed by atoms with Crippen molar-refractivity contribution in [2.45, 2.75) is 19.9 Å². The van der Waals surface area contributed by atoms with Crippen LogP contribution in [0.5, 0.6) is 11.5 Å². The van der Waals surface area contributed by atoms with Crippen LogP contribution in [0, 0.1) is 0 Å². The van der Waals surface area contributed by atoms with E-state index in [-0.39, 0.29) is 18.6 Å². The average molecular weight is 428 g/mol. The van der Waals surface area contributed by atoms with Crippen LogP contribution in [0.25, 0.3) is 6.08 Å². The maximum atomic E-state index is 12.5. The number of benzene rings is 1. The van der Waals surface area contributed by atoms with Crippen LogP contribution in [0.2, 0.25) is 0 Å². The maximum absolute atomic E-state index is 12.5. The summed E-state index contributed by atoms with van der Waals surface area (Å²) in [5.41, 5.74) is 1.98. The van der Waals surface area contributed by atoms with E-state index in [9.17, 15) is 14.4 Å². The van der Waals surface area contributed by atoms with Gasteiger partial charge in [0.15, 0.2) is 11.5 Å². The van der Waals surface area contributed by atoms with Gasteiger partial charge in [-0.15, -0.1) is 11.3 Å². The molecule has 0 aliphatic carbocycles. The number of esters is 1. The molecule has 30 heavy (non-hydrogen) atoms. The molecule has 0 saturated carbocycles. The van der Waals surface area contributed by atoms with Crippen molar-refractivity contribution in [2.75, 3.05) is 25.8 Å². The minimum absolute atomic E-state index is 0.0223. The number of amides is 2. The van der Waals surface area contributed by atoms with Crippen molar-refractivity contribution >= 4 is 40.2 Å². The summed E-state index contributed by atoms with van der Waals surface area (Å²) >= 11 is 1.30. The van der Waals surface area contributed by atoms with Gasteiger partial charge in [-0.25, -0.2) is 4.79 Å². The Morgan fingerprint density at radius 2 is 2.03 bits per heavy atom. The zero-order valence-corrected chi connectivity index (χ0v) is 17.3. The molecule has 1 aromatic heterocycles. The molecule has 0 spiro atoms. The van der Waals surface area contributed by atoms with Crippen molar-refractivity contribution in [3.8, 4) is 11.5 Å². The minimum atomic E-state index is -0.501. The van der Waals surface area contributed by atoms with E-state index in [1.54, 1.807) is 23.1 Å². The van der Waals surface area contributed by atoms with Crippen molar-refractivity contribution < 1.29 is 28.6 Å². The predicted molar refractivity (Wildman–Crippen MR) is 111 cm³/mol. The smallest absolute Gasteiger partial charge is 0.341 e. The Labute approximate surface area is 177 Å². The number of ether oxygens (including phenoxy) is 3. The number of thiophene rings is 1. The minimum Gasteiger partial charge on any atom is -0.465 e. The van der Waals surface area contributed by atoms with Crippen molar-refractivity contribution in [3.05, 3.63) is 45.8 Å². The molecule has 1 N–H and O–H groups in total. The van der Waals surface area contributed by atoms with Gasteiger partial charge in [-0.3, -0.25) is 9.59 Å². The lowest BCUT2D eigenvalue weighted by atomic mass is 10.0. The highest BCUT2D eigenvalue weighted by Crippen LogP contribution is 2.38. The lowest BCUT2D eigenvalue weighted by Gasteiger charge is -2.25. The number of methoxy groups -OCH3 is 1. The van der Waals surface area contributed by atoms with E-state index < -0.39 is 5.97 Å². The molecule has 2 aliphatic heterocycles. The number of hydrogen-bond donors (Lipinski definition) is 1. The normalized spacial score (nSPS) is 14.5. The van der Waals surface area contributed by atoms with Crippen LogP contribution in [-0.4, -0.2) is 43.1 Å². The van der Waals surface area contributed by atoms with Gasteiger partial charge in [0, 0.05) is 24.4 Å². The number of nitrogens with one attached hydrogen (secondary N) is 1. The number of hydrogen-bond acceptors (Lipinski definition) is 7. The molecule has 9 heteroatoms. The molecular weight excluding hydrogens is 408 g/mol. The van der Waals surface area contributed by atoms with E-state index in [1.807, 2.05) is 6.07 Å². The Balaban J connectivity index is 1.54. The van der Waals surface area contributed by atoms with Crippen LogP contribution < -0.4 is 14.8 Å². The molecule has 0 unspecified atom stereocenters. The largest absolute Gasteiger partial charge is 0.465 e. The fourth-order valence-corrected chi connectivity index (χ4v) is 4.67. The summed E-state index contributed by atoms with van der Waals surface area (Å²) in [7, 11) is 1.31. The second-order valence-electron chi connectivity index (χ2n) is 6.83. The first kappa shape index (κ1) is 20.0. The first-order valence-corrected chi connectivity index (χ1v) is 10.1. The average Bonchev–Trinajstić information content (AvgIpc) is 3.34. The van der Waals surface area contributed by atoms with Gasteiger partial charge in [0.2, 0.25) is 18.6 Å². The monoisotopic (exact) mass is 428 g/mol. The second kappa shape index (κ2) is 8.19. The zero-order valence-electron chi connectivity index (χ0n) is 16.5. The van der Waals surface area contributed by atoms with Crippen LogP contribution in [0.4, 0.5) is 5.00 Å². The third-order valence-electron chi connectivity index (χ3n) is 4.95. The van der Waals surface area contributed by atoms with Gasteiger partial charge in [0.25, 0.3) is 0 Å². The van der Waals surface area contributed by atoms with Gasteiger partial charge in [-0.05, 0) is 35.8 Å². The van der Waals surface area contributed by atoms with Gasteiger partial charge in [0.1, 0.15) is 5.00 Å². The molecule has 2 aromatic rings. The Hall–Kier alpha value is -3.33. The number of carbonyl (C=O) groups is 3. The first-order valence-electron chi connectivity index (χ1n) is 9.33. The molecule has 0 saturated heterocycles. The van der Waals surface area contributed by atoms with Gasteiger partial charge >= 0.3 is 5.97 Å². The summed E-state index contributed by atoms with van der Waals surface area (Å²) < 4.78 is 15.5. The van der Waals surface area contributed by atoms with Crippen LogP contribution in [-0.2, 0) is 27.3 Å². The number of nitrogens with zero attached hydrogens (tertiary/aromatic N) is 1. The number of anilines is 1. The van der Waals surface area contributed by atoms with Crippen LogP contribution in [0.1, 0.15) is 33.3 Å². The Bertz CT molecular complexity index is 1060. The van der Waals surface area contributed by atoms with Crippen molar-refractivity contribution in [1.82, 2.24) is 4.90 Å². The Morgan fingerprint density at radius 3 is 2.80 bits per heavy atom. The van der Waals surface area contributed by atoms with Crippen LogP contribution in [0.15, 0.2) is 24.3 Å². The van der Waals surface area contributed by atoms with E-state index in [2.05, 4.69) is 5.32 Å². The molecule has 0 bridgehead atoms. The third-order valence-corrected chi connectivity index (χ3v) is 6.08. The summed E-state index contributed by atoms with van der Waals surface area (Å²) in [6.45, 7) is 2.65. The highest BCUT2D eigenvalue weighted by molar-refractivity contribution is 7.17. The van der Waals surface area contributed by atoms with Gasteiger partial charge in [0.05, 0.1) is 19.2 Å². The lowest BCUT2D eigenvalue weighted by Crippen LogP contribution is -2.33. The van der Waals surface area contributed by atoms with Gasteiger partial charge in [-0.2, -0.15) is 0 Å². The third kappa shape index (κ3) is 3.88. The van der Waals surface area contributed by atoms with Gasteiger partial charge in [-0.1, -0.05) is 6.07 Å². The van der Waals surface area contributed by atoms with E-state index >= 15 is 0 Å². The lowest BCUT2D eigenvalue weighted by molar-refractivity contribution is -0.129. The summed E-state index contributed by atoms with van der Waals surface area (Å²) in [4.78, 5) is 39.2. The summed E-state index contributed by atoms with van der Waals surface area (Å²) in [6.07, 6.45) is 3.58. The van der Waals surface area contributed by atoms with Crippen molar-refractivity contribution in [3.63, 3.8) is 0 Å². The standard InChI is InChI=1S/C21H20N2O6S/c1-12(24)23-8-7-14-17(10-23)30-20(19(14)21(26)27-2)22-18(25)6-4-13-3-5-15-16(9-13)29-11-28-15/h3-6,9H,7-8,10-11H2,1-2H3,(H,22,25)/b6-4+. The SMILES string of the molecule is COC(=O)c1c(NC(=O)/C=C/c2ccc3c(c2)OCO3)sc2c1CCN(C(C)=O)C2. The number of rotatable bonds is 4. The molecule has 0 atom stereocenters. The summed E-state index contributed by atoms with van der Waals surface area (Å²) in [5.74, 6) is 0.402. The topological polar surface area (TPSA) is 94.2 Å². The molecule has 1 aromatic carbocycles. The molecule has 8 nitrogen and oxygen atoms in total. The zero-order chi connectivity index (χ0) is 21.3. The molecular formula is C21H20N2O6S. The Kier molecular flexibility index (Phi) is 5.45. The highest BCUT2D eigenvalue weighted by atomic mass is 32.1. The fraction of sp³-hybridized carbons (Fsp3) is 0.286. The number of fused-ring (bicyclic) bond motifs is 2. The molecule has 156 valence electrons. The van der Waals surface area contributed by atoms with E-state index in [0.29, 0.717) is 41.6 Å². The second-order valence-corrected chi connectivity index (χ2v) is 7.93. The van der Waals surface area contributed by atoms with Crippen molar-refractivity contribution in [1.29, 1.82) is 0 Å². The predicted octanol–water partition coefficient (Wildman–Crippen LogP) is 2.82. The fourth-order valence-electron chi connectivity index (χ4n) is 3.42. The number of carbonyl (C=O) groups excluding carboxylic acids is 3. The maximum Gasteiger partial charge on any atom is 0.341 e. The molecule has 3 heterocycles. The quantitative estimate of drug-likeness (QED) is 0.595. The Morgan fingerprint density at radius 1 is 1.23 bits per heavy atom.